The Morgan fingerprint density at radius 3 is 2.38 bits per heavy atom. The van der Waals surface area contributed by atoms with Crippen LogP contribution in [0.4, 0.5) is 4.79 Å². The topological polar surface area (TPSA) is 73.9 Å². The molecule has 0 aliphatic carbocycles. The maximum atomic E-state index is 12.4. The molecule has 7 nitrogen and oxygen atoms in total. The first-order valence-electron chi connectivity index (χ1n) is 11.2. The van der Waals surface area contributed by atoms with E-state index in [1.54, 1.807) is 19.1 Å². The smallest absolute Gasteiger partial charge is 0.317 e. The number of benzene rings is 2. The summed E-state index contributed by atoms with van der Waals surface area (Å²) in [6, 6.07) is 17.6. The second-order valence-electron chi connectivity index (χ2n) is 7.64. The summed E-state index contributed by atoms with van der Waals surface area (Å²) in [7, 11) is 3.39. The second kappa shape index (κ2) is 13.4. The SMILES string of the molecule is CCN(CC)C(CNC(=O)CCNC(=O)N(C)Cc1ccccc1)c1cccc(OC)c1. The molecule has 0 saturated heterocycles. The van der Waals surface area contributed by atoms with Crippen molar-refractivity contribution in [3.63, 3.8) is 0 Å². The molecule has 0 aromatic heterocycles. The average molecular weight is 441 g/mol. The Labute approximate surface area is 191 Å². The predicted molar refractivity (Wildman–Crippen MR) is 128 cm³/mol. The lowest BCUT2D eigenvalue weighted by Gasteiger charge is -2.30. The van der Waals surface area contributed by atoms with Crippen molar-refractivity contribution in [2.45, 2.75) is 32.9 Å². The van der Waals surface area contributed by atoms with Crippen molar-refractivity contribution in [2.75, 3.05) is 40.3 Å². The summed E-state index contributed by atoms with van der Waals surface area (Å²) in [5.41, 5.74) is 2.16. The average Bonchev–Trinajstić information content (AvgIpc) is 2.82. The summed E-state index contributed by atoms with van der Waals surface area (Å²) < 4.78 is 5.36. The molecule has 1 atom stereocenters. The van der Waals surface area contributed by atoms with E-state index in [1.807, 2.05) is 48.5 Å². The number of likely N-dealkylation sites (N-methyl/N-ethyl adjacent to an activating group) is 1. The van der Waals surface area contributed by atoms with Gasteiger partial charge in [0.05, 0.1) is 13.2 Å². The van der Waals surface area contributed by atoms with E-state index in [9.17, 15) is 9.59 Å². The molecule has 0 spiro atoms. The van der Waals surface area contributed by atoms with Crippen LogP contribution in [0.1, 0.15) is 37.4 Å². The first-order valence-corrected chi connectivity index (χ1v) is 11.2. The van der Waals surface area contributed by atoms with Gasteiger partial charge < -0.3 is 20.3 Å². The number of ether oxygens (including phenoxy) is 1. The van der Waals surface area contributed by atoms with Crippen molar-refractivity contribution < 1.29 is 14.3 Å². The molecular formula is C25H36N4O3. The predicted octanol–water partition coefficient (Wildman–Crippen LogP) is 3.43. The molecule has 2 aromatic rings. The highest BCUT2D eigenvalue weighted by Crippen LogP contribution is 2.23. The zero-order valence-corrected chi connectivity index (χ0v) is 19.6. The van der Waals surface area contributed by atoms with Crippen molar-refractivity contribution in [3.8, 4) is 5.75 Å². The number of rotatable bonds is 12. The minimum atomic E-state index is -0.195. The third kappa shape index (κ3) is 7.89. The Morgan fingerprint density at radius 2 is 1.72 bits per heavy atom. The van der Waals surface area contributed by atoms with Gasteiger partial charge >= 0.3 is 6.03 Å². The van der Waals surface area contributed by atoms with Crippen molar-refractivity contribution in [1.82, 2.24) is 20.4 Å². The fourth-order valence-corrected chi connectivity index (χ4v) is 3.62. The largest absolute Gasteiger partial charge is 0.497 e. The molecule has 32 heavy (non-hydrogen) atoms. The van der Waals surface area contributed by atoms with Gasteiger partial charge in [0.15, 0.2) is 0 Å². The Balaban J connectivity index is 1.82. The van der Waals surface area contributed by atoms with Gasteiger partial charge in [-0.3, -0.25) is 9.69 Å². The molecular weight excluding hydrogens is 404 g/mol. The molecule has 0 bridgehead atoms. The summed E-state index contributed by atoms with van der Waals surface area (Å²) in [6.45, 7) is 7.27. The number of methoxy groups -OCH3 is 1. The number of nitrogens with one attached hydrogen (secondary N) is 2. The molecule has 0 radical (unpaired) electrons. The van der Waals surface area contributed by atoms with E-state index in [4.69, 9.17) is 4.74 Å². The Morgan fingerprint density at radius 1 is 1.00 bits per heavy atom. The van der Waals surface area contributed by atoms with Crippen LogP contribution >= 0.6 is 0 Å². The number of carbonyl (C=O) groups excluding carboxylic acids is 2. The lowest BCUT2D eigenvalue weighted by atomic mass is 10.0. The fraction of sp³-hybridized carbons (Fsp3) is 0.440. The summed E-state index contributed by atoms with van der Waals surface area (Å²) in [5.74, 6) is 0.712. The van der Waals surface area contributed by atoms with E-state index in [0.29, 0.717) is 19.6 Å². The normalized spacial score (nSPS) is 11.7. The molecule has 0 saturated carbocycles. The third-order valence-corrected chi connectivity index (χ3v) is 5.46. The fourth-order valence-electron chi connectivity index (χ4n) is 3.62. The van der Waals surface area contributed by atoms with Gasteiger partial charge in [-0.15, -0.1) is 0 Å². The van der Waals surface area contributed by atoms with Gasteiger partial charge in [-0.25, -0.2) is 4.79 Å². The standard InChI is InChI=1S/C25H36N4O3/c1-5-29(6-2)23(21-13-10-14-22(17-21)32-4)18-27-24(30)15-16-26-25(31)28(3)19-20-11-8-7-9-12-20/h7-14,17,23H,5-6,15-16,18-19H2,1-4H3,(H,26,31)(H,27,30). The zero-order valence-electron chi connectivity index (χ0n) is 19.6. The number of urea groups is 1. The van der Waals surface area contributed by atoms with E-state index in [2.05, 4.69) is 35.4 Å². The summed E-state index contributed by atoms with van der Waals surface area (Å²) in [6.07, 6.45) is 0.230. The quantitative estimate of drug-likeness (QED) is 0.530. The van der Waals surface area contributed by atoms with Crippen molar-refractivity contribution in [3.05, 3.63) is 65.7 Å². The van der Waals surface area contributed by atoms with Crippen LogP contribution in [0.3, 0.4) is 0 Å². The van der Waals surface area contributed by atoms with Gasteiger partial charge in [0.2, 0.25) is 5.91 Å². The van der Waals surface area contributed by atoms with Crippen LogP contribution in [-0.4, -0.2) is 62.1 Å². The maximum absolute atomic E-state index is 12.4. The minimum absolute atomic E-state index is 0.0515. The van der Waals surface area contributed by atoms with E-state index < -0.39 is 0 Å². The monoisotopic (exact) mass is 440 g/mol. The number of nitrogens with zero attached hydrogens (tertiary/aromatic N) is 2. The molecule has 1 unspecified atom stereocenters. The highest BCUT2D eigenvalue weighted by Gasteiger charge is 2.19. The molecule has 0 aliphatic heterocycles. The van der Waals surface area contributed by atoms with Crippen molar-refractivity contribution in [1.29, 1.82) is 0 Å². The number of hydrogen-bond donors (Lipinski definition) is 2. The van der Waals surface area contributed by atoms with Gasteiger partial charge in [0.25, 0.3) is 0 Å². The number of hydrogen-bond acceptors (Lipinski definition) is 4. The summed E-state index contributed by atoms with van der Waals surface area (Å²) in [5, 5.41) is 5.84. The summed E-state index contributed by atoms with van der Waals surface area (Å²) >= 11 is 0. The zero-order chi connectivity index (χ0) is 23.3. The molecule has 0 aliphatic rings. The number of carbonyl (C=O) groups is 2. The lowest BCUT2D eigenvalue weighted by molar-refractivity contribution is -0.121. The van der Waals surface area contributed by atoms with Gasteiger partial charge in [-0.2, -0.15) is 0 Å². The van der Waals surface area contributed by atoms with Crippen LogP contribution in [0.25, 0.3) is 0 Å². The van der Waals surface area contributed by atoms with E-state index in [0.717, 1.165) is 30.0 Å². The van der Waals surface area contributed by atoms with Gasteiger partial charge in [-0.05, 0) is 36.3 Å². The molecule has 2 aromatic carbocycles. The van der Waals surface area contributed by atoms with Crippen LogP contribution in [0.2, 0.25) is 0 Å². The first-order chi connectivity index (χ1) is 15.5. The van der Waals surface area contributed by atoms with Crippen molar-refractivity contribution in [2.24, 2.45) is 0 Å². The van der Waals surface area contributed by atoms with Crippen LogP contribution in [0.5, 0.6) is 5.75 Å². The maximum Gasteiger partial charge on any atom is 0.317 e. The summed E-state index contributed by atoms with van der Waals surface area (Å²) in [4.78, 5) is 28.6. The third-order valence-electron chi connectivity index (χ3n) is 5.46. The highest BCUT2D eigenvalue weighted by atomic mass is 16.5. The Kier molecular flexibility index (Phi) is 10.5. The van der Waals surface area contributed by atoms with Crippen LogP contribution in [0, 0.1) is 0 Å². The van der Waals surface area contributed by atoms with Crippen LogP contribution in [-0.2, 0) is 11.3 Å². The molecule has 174 valence electrons. The van der Waals surface area contributed by atoms with Crippen molar-refractivity contribution >= 4 is 11.9 Å². The minimum Gasteiger partial charge on any atom is -0.497 e. The van der Waals surface area contributed by atoms with Gasteiger partial charge in [0.1, 0.15) is 5.75 Å². The van der Waals surface area contributed by atoms with E-state index in [-0.39, 0.29) is 24.4 Å². The Hall–Kier alpha value is -3.06. The second-order valence-corrected chi connectivity index (χ2v) is 7.64. The van der Waals surface area contributed by atoms with E-state index in [1.165, 1.54) is 0 Å². The molecule has 3 amide bonds. The molecule has 0 heterocycles. The Bertz CT molecular complexity index is 840. The van der Waals surface area contributed by atoms with Gasteiger partial charge in [-0.1, -0.05) is 56.3 Å². The van der Waals surface area contributed by atoms with E-state index >= 15 is 0 Å². The van der Waals surface area contributed by atoms with Crippen LogP contribution < -0.4 is 15.4 Å². The first kappa shape index (κ1) is 25.2. The van der Waals surface area contributed by atoms with Gasteiger partial charge in [0, 0.05) is 33.1 Å². The lowest BCUT2D eigenvalue weighted by Crippen LogP contribution is -2.40. The molecule has 2 rings (SSSR count). The highest BCUT2D eigenvalue weighted by molar-refractivity contribution is 5.78. The van der Waals surface area contributed by atoms with Crippen LogP contribution in [0.15, 0.2) is 54.6 Å². The molecule has 0 fully saturated rings. The molecule has 7 heteroatoms. The molecule has 2 N–H and O–H groups in total. The number of amides is 3.